The van der Waals surface area contributed by atoms with Gasteiger partial charge in [0.15, 0.2) is 4.34 Å². The fraction of sp³-hybridized carbons (Fsp3) is 0.154. The maximum atomic E-state index is 12.2. The first-order valence-corrected chi connectivity index (χ1v) is 6.91. The number of nitrogens with zero attached hydrogens (tertiary/aromatic N) is 2. The summed E-state index contributed by atoms with van der Waals surface area (Å²) in [4.78, 5) is 24.1. The van der Waals surface area contributed by atoms with Crippen molar-refractivity contribution >= 4 is 34.5 Å². The summed E-state index contributed by atoms with van der Waals surface area (Å²) in [5, 5.41) is 10.7. The SMILES string of the molecule is CN(Cc1ccccc1)C(=O)c1cc([N+](=O)[O-])c(Cl)s1. The zero-order chi connectivity index (χ0) is 14.7. The number of hydrogen-bond acceptors (Lipinski definition) is 4. The molecule has 0 unspecified atom stereocenters. The minimum Gasteiger partial charge on any atom is -0.337 e. The molecule has 0 aliphatic heterocycles. The third-order valence-electron chi connectivity index (χ3n) is 2.69. The van der Waals surface area contributed by atoms with E-state index >= 15 is 0 Å². The van der Waals surface area contributed by atoms with Crippen molar-refractivity contribution in [1.82, 2.24) is 4.90 Å². The standard InChI is InChI=1S/C13H11ClN2O3S/c1-15(8-9-5-3-2-4-6-9)13(17)11-7-10(16(18)19)12(14)20-11/h2-7H,8H2,1H3. The highest BCUT2D eigenvalue weighted by Crippen LogP contribution is 2.34. The fourth-order valence-corrected chi connectivity index (χ4v) is 2.92. The summed E-state index contributed by atoms with van der Waals surface area (Å²) < 4.78 is 0.0199. The van der Waals surface area contributed by atoms with Gasteiger partial charge in [0, 0.05) is 19.7 Å². The number of carbonyl (C=O) groups is 1. The Hall–Kier alpha value is -1.92. The van der Waals surface area contributed by atoms with Crippen LogP contribution >= 0.6 is 22.9 Å². The van der Waals surface area contributed by atoms with Crippen molar-refractivity contribution in [3.05, 3.63) is 61.3 Å². The Morgan fingerprint density at radius 2 is 2.05 bits per heavy atom. The third-order valence-corrected chi connectivity index (χ3v) is 4.01. The smallest absolute Gasteiger partial charge is 0.299 e. The molecular weight excluding hydrogens is 300 g/mol. The third kappa shape index (κ3) is 3.15. The Kier molecular flexibility index (Phi) is 4.36. The molecular formula is C13H11ClN2O3S. The van der Waals surface area contributed by atoms with Gasteiger partial charge in [-0.1, -0.05) is 41.9 Å². The number of halogens is 1. The fourth-order valence-electron chi connectivity index (χ4n) is 1.71. The van der Waals surface area contributed by atoms with Crippen LogP contribution in [0.4, 0.5) is 5.69 Å². The van der Waals surface area contributed by atoms with E-state index in [1.54, 1.807) is 7.05 Å². The predicted molar refractivity (Wildman–Crippen MR) is 78.2 cm³/mol. The van der Waals surface area contributed by atoms with Gasteiger partial charge in [0.05, 0.1) is 4.92 Å². The Morgan fingerprint density at radius 3 is 2.60 bits per heavy atom. The summed E-state index contributed by atoms with van der Waals surface area (Å²) in [5.74, 6) is -0.283. The maximum absolute atomic E-state index is 12.2. The minimum atomic E-state index is -0.590. The van der Waals surface area contributed by atoms with Crippen LogP contribution in [-0.4, -0.2) is 22.8 Å². The highest BCUT2D eigenvalue weighted by atomic mass is 35.5. The number of thiophene rings is 1. The van der Waals surface area contributed by atoms with Gasteiger partial charge in [0.2, 0.25) is 0 Å². The number of hydrogen-bond donors (Lipinski definition) is 0. The normalized spacial score (nSPS) is 10.3. The molecule has 1 amide bonds. The van der Waals surface area contributed by atoms with Gasteiger partial charge >= 0.3 is 0 Å². The van der Waals surface area contributed by atoms with Crippen molar-refractivity contribution in [2.24, 2.45) is 0 Å². The van der Waals surface area contributed by atoms with Crippen LogP contribution in [0.2, 0.25) is 4.34 Å². The molecule has 5 nitrogen and oxygen atoms in total. The molecule has 1 aromatic carbocycles. The van der Waals surface area contributed by atoms with E-state index in [2.05, 4.69) is 0 Å². The van der Waals surface area contributed by atoms with Gasteiger partial charge < -0.3 is 4.90 Å². The van der Waals surface area contributed by atoms with Gasteiger partial charge in [0.25, 0.3) is 11.6 Å². The molecule has 104 valence electrons. The molecule has 0 saturated heterocycles. The van der Waals surface area contributed by atoms with E-state index < -0.39 is 4.92 Å². The van der Waals surface area contributed by atoms with E-state index in [0.717, 1.165) is 16.9 Å². The second-order valence-electron chi connectivity index (χ2n) is 4.17. The van der Waals surface area contributed by atoms with Crippen LogP contribution in [0, 0.1) is 10.1 Å². The molecule has 7 heteroatoms. The molecule has 1 heterocycles. The molecule has 20 heavy (non-hydrogen) atoms. The average molecular weight is 311 g/mol. The molecule has 2 rings (SSSR count). The van der Waals surface area contributed by atoms with E-state index in [1.165, 1.54) is 11.0 Å². The summed E-state index contributed by atoms with van der Waals surface area (Å²) in [7, 11) is 1.65. The summed E-state index contributed by atoms with van der Waals surface area (Å²) in [5.41, 5.74) is 0.758. The highest BCUT2D eigenvalue weighted by molar-refractivity contribution is 7.18. The van der Waals surface area contributed by atoms with Gasteiger partial charge in [-0.25, -0.2) is 0 Å². The Bertz CT molecular complexity index is 642. The minimum absolute atomic E-state index is 0.0199. The largest absolute Gasteiger partial charge is 0.337 e. The molecule has 0 saturated carbocycles. The van der Waals surface area contributed by atoms with Crippen molar-refractivity contribution in [2.45, 2.75) is 6.54 Å². The number of rotatable bonds is 4. The van der Waals surface area contributed by atoms with Gasteiger partial charge in [0.1, 0.15) is 4.88 Å². The lowest BCUT2D eigenvalue weighted by Gasteiger charge is -2.15. The van der Waals surface area contributed by atoms with Crippen molar-refractivity contribution in [3.8, 4) is 0 Å². The van der Waals surface area contributed by atoms with Gasteiger partial charge in [-0.05, 0) is 5.56 Å². The lowest BCUT2D eigenvalue weighted by Crippen LogP contribution is -2.25. The number of nitro groups is 1. The summed E-state index contributed by atoms with van der Waals surface area (Å²) in [6.07, 6.45) is 0. The molecule has 2 aromatic rings. The number of amides is 1. The average Bonchev–Trinajstić information content (AvgIpc) is 2.81. The molecule has 0 fully saturated rings. The van der Waals surface area contributed by atoms with Crippen molar-refractivity contribution in [1.29, 1.82) is 0 Å². The first kappa shape index (κ1) is 14.5. The number of carbonyl (C=O) groups excluding carboxylic acids is 1. The molecule has 0 radical (unpaired) electrons. The molecule has 0 spiro atoms. The van der Waals surface area contributed by atoms with Crippen LogP contribution in [0.25, 0.3) is 0 Å². The van der Waals surface area contributed by atoms with Crippen molar-refractivity contribution in [3.63, 3.8) is 0 Å². The molecule has 0 N–H and O–H groups in total. The Labute approximate surface area is 124 Å². The van der Waals surface area contributed by atoms with Crippen LogP contribution in [0.3, 0.4) is 0 Å². The number of benzene rings is 1. The van der Waals surface area contributed by atoms with E-state index in [4.69, 9.17) is 11.6 Å². The Morgan fingerprint density at radius 1 is 1.40 bits per heavy atom. The van der Waals surface area contributed by atoms with E-state index in [9.17, 15) is 14.9 Å². The molecule has 0 atom stereocenters. The second-order valence-corrected chi connectivity index (χ2v) is 5.83. The molecule has 0 aliphatic carbocycles. The maximum Gasteiger partial charge on any atom is 0.299 e. The first-order valence-electron chi connectivity index (χ1n) is 5.72. The predicted octanol–water partition coefficient (Wildman–Crippen LogP) is 3.58. The van der Waals surface area contributed by atoms with Crippen LogP contribution in [0.15, 0.2) is 36.4 Å². The Balaban J connectivity index is 2.15. The molecule has 0 aliphatic rings. The molecule has 1 aromatic heterocycles. The molecule has 0 bridgehead atoms. The van der Waals surface area contributed by atoms with Crippen LogP contribution in [0.5, 0.6) is 0 Å². The topological polar surface area (TPSA) is 63.5 Å². The van der Waals surface area contributed by atoms with Gasteiger partial charge in [-0.3, -0.25) is 14.9 Å². The van der Waals surface area contributed by atoms with Crippen LogP contribution in [0.1, 0.15) is 15.2 Å². The summed E-state index contributed by atoms with van der Waals surface area (Å²) >= 11 is 6.68. The van der Waals surface area contributed by atoms with Crippen LogP contribution < -0.4 is 0 Å². The highest BCUT2D eigenvalue weighted by Gasteiger charge is 2.23. The zero-order valence-electron chi connectivity index (χ0n) is 10.6. The van der Waals surface area contributed by atoms with E-state index in [0.29, 0.717) is 6.54 Å². The summed E-state index contributed by atoms with van der Waals surface area (Å²) in [6.45, 7) is 0.434. The first-order chi connectivity index (χ1) is 9.49. The second kappa shape index (κ2) is 6.02. The zero-order valence-corrected chi connectivity index (χ0v) is 12.1. The lowest BCUT2D eigenvalue weighted by atomic mass is 10.2. The van der Waals surface area contributed by atoms with E-state index in [1.807, 2.05) is 30.3 Å². The quantitative estimate of drug-likeness (QED) is 0.640. The van der Waals surface area contributed by atoms with Crippen LogP contribution in [-0.2, 0) is 6.54 Å². The van der Waals surface area contributed by atoms with Crippen molar-refractivity contribution < 1.29 is 9.72 Å². The van der Waals surface area contributed by atoms with Gasteiger partial charge in [-0.15, -0.1) is 11.3 Å². The lowest BCUT2D eigenvalue weighted by molar-refractivity contribution is -0.384. The summed E-state index contributed by atoms with van der Waals surface area (Å²) in [6, 6.07) is 10.7. The van der Waals surface area contributed by atoms with E-state index in [-0.39, 0.29) is 20.8 Å². The van der Waals surface area contributed by atoms with Gasteiger partial charge in [-0.2, -0.15) is 0 Å². The van der Waals surface area contributed by atoms with Crippen molar-refractivity contribution in [2.75, 3.05) is 7.05 Å². The monoisotopic (exact) mass is 310 g/mol.